The summed E-state index contributed by atoms with van der Waals surface area (Å²) >= 11 is 0. The van der Waals surface area contributed by atoms with Gasteiger partial charge < -0.3 is 15.5 Å². The lowest BCUT2D eigenvalue weighted by Crippen LogP contribution is -2.45. The van der Waals surface area contributed by atoms with Crippen molar-refractivity contribution in [3.05, 3.63) is 109 Å². The lowest BCUT2D eigenvalue weighted by molar-refractivity contribution is -0.123. The Morgan fingerprint density at radius 1 is 0.463 bits per heavy atom. The minimum absolute atomic E-state index is 0.0862. The van der Waals surface area contributed by atoms with Crippen molar-refractivity contribution in [1.29, 1.82) is 0 Å². The summed E-state index contributed by atoms with van der Waals surface area (Å²) in [6.07, 6.45) is 67.8. The molecule has 0 spiro atoms. The molecule has 2 atom stereocenters. The molecule has 4 nitrogen and oxygen atoms in total. The molecule has 0 aliphatic heterocycles. The number of amides is 1. The van der Waals surface area contributed by atoms with E-state index in [9.17, 15) is 15.0 Å². The van der Waals surface area contributed by atoms with Crippen LogP contribution in [-0.4, -0.2) is 34.9 Å². The van der Waals surface area contributed by atoms with Crippen LogP contribution in [0.25, 0.3) is 0 Å². The predicted octanol–water partition coefficient (Wildman–Crippen LogP) is 14.0. The fourth-order valence-corrected chi connectivity index (χ4v) is 5.88. The Kier molecular flexibility index (Phi) is 42.0. The average molecular weight is 746 g/mol. The van der Waals surface area contributed by atoms with E-state index in [1.54, 1.807) is 6.08 Å². The van der Waals surface area contributed by atoms with Crippen LogP contribution in [0, 0.1) is 0 Å². The maximum Gasteiger partial charge on any atom is 0.220 e. The van der Waals surface area contributed by atoms with Crippen molar-refractivity contribution in [1.82, 2.24) is 5.32 Å². The highest BCUT2D eigenvalue weighted by Crippen LogP contribution is 2.13. The molecular formula is C50H83NO3. The molecule has 0 aromatic heterocycles. The molecule has 0 saturated heterocycles. The van der Waals surface area contributed by atoms with E-state index < -0.39 is 12.1 Å². The number of nitrogens with one attached hydrogen (secondary N) is 1. The zero-order valence-electron chi connectivity index (χ0n) is 34.9. The first-order valence-corrected chi connectivity index (χ1v) is 22.1. The minimum atomic E-state index is -0.867. The van der Waals surface area contributed by atoms with Gasteiger partial charge in [0.05, 0.1) is 18.8 Å². The van der Waals surface area contributed by atoms with Crippen molar-refractivity contribution in [3.8, 4) is 0 Å². The van der Waals surface area contributed by atoms with Crippen molar-refractivity contribution in [2.75, 3.05) is 6.61 Å². The van der Waals surface area contributed by atoms with Gasteiger partial charge in [-0.15, -0.1) is 0 Å². The Hall–Kier alpha value is -2.95. The third-order valence-electron chi connectivity index (χ3n) is 9.24. The number of aliphatic hydroxyl groups is 2. The van der Waals surface area contributed by atoms with E-state index in [4.69, 9.17) is 0 Å². The number of carbonyl (C=O) groups excluding carboxylic acids is 1. The van der Waals surface area contributed by atoms with Crippen LogP contribution in [0.1, 0.15) is 181 Å². The lowest BCUT2D eigenvalue weighted by atomic mass is 10.0. The average Bonchev–Trinajstić information content (AvgIpc) is 3.18. The summed E-state index contributed by atoms with van der Waals surface area (Å²) in [4.78, 5) is 12.3. The van der Waals surface area contributed by atoms with Crippen LogP contribution in [0.2, 0.25) is 0 Å². The first kappa shape index (κ1) is 51.0. The molecule has 0 saturated carbocycles. The van der Waals surface area contributed by atoms with Gasteiger partial charge in [-0.2, -0.15) is 0 Å². The molecule has 54 heavy (non-hydrogen) atoms. The van der Waals surface area contributed by atoms with E-state index in [0.29, 0.717) is 6.42 Å². The molecule has 0 aliphatic rings. The molecule has 0 aromatic rings. The Bertz CT molecular complexity index is 1070. The number of allylic oxidation sites excluding steroid dienone is 17. The van der Waals surface area contributed by atoms with Crippen LogP contribution >= 0.6 is 0 Å². The largest absolute Gasteiger partial charge is 0.394 e. The number of unbranched alkanes of at least 4 members (excludes halogenated alkanes) is 15. The van der Waals surface area contributed by atoms with Crippen LogP contribution in [0.4, 0.5) is 0 Å². The Morgan fingerprint density at radius 2 is 0.833 bits per heavy atom. The predicted molar refractivity (Wildman–Crippen MR) is 239 cm³/mol. The monoisotopic (exact) mass is 746 g/mol. The summed E-state index contributed by atoms with van der Waals surface area (Å²) in [7, 11) is 0. The van der Waals surface area contributed by atoms with Crippen LogP contribution in [0.5, 0.6) is 0 Å². The summed E-state index contributed by atoms with van der Waals surface area (Å²) < 4.78 is 0. The molecule has 0 fully saturated rings. The molecule has 4 heteroatoms. The Morgan fingerprint density at radius 3 is 1.30 bits per heavy atom. The van der Waals surface area contributed by atoms with Crippen LogP contribution < -0.4 is 5.32 Å². The molecule has 306 valence electrons. The first-order chi connectivity index (χ1) is 26.7. The molecule has 0 rings (SSSR count). The number of hydrogen-bond acceptors (Lipinski definition) is 3. The highest BCUT2D eigenvalue weighted by Gasteiger charge is 2.17. The van der Waals surface area contributed by atoms with Gasteiger partial charge in [0.25, 0.3) is 0 Å². The molecule has 2 unspecified atom stereocenters. The van der Waals surface area contributed by atoms with Gasteiger partial charge in [-0.1, -0.05) is 194 Å². The first-order valence-electron chi connectivity index (χ1n) is 22.1. The minimum Gasteiger partial charge on any atom is -0.394 e. The van der Waals surface area contributed by atoms with Gasteiger partial charge in [0.2, 0.25) is 5.91 Å². The highest BCUT2D eigenvalue weighted by atomic mass is 16.3. The van der Waals surface area contributed by atoms with E-state index in [0.717, 1.165) is 77.0 Å². The normalized spacial score (nSPS) is 14.1. The Balaban J connectivity index is 3.59. The molecule has 1 amide bonds. The van der Waals surface area contributed by atoms with E-state index in [2.05, 4.69) is 116 Å². The molecular weight excluding hydrogens is 663 g/mol. The lowest BCUT2D eigenvalue weighted by Gasteiger charge is -2.19. The van der Waals surface area contributed by atoms with Crippen LogP contribution in [-0.2, 0) is 4.79 Å². The SMILES string of the molecule is CC/C=C\C/C=C\C/C=C\C/C=C\C/C=C\C/C=C\C/C=C\CCCCCCCCCCCCCC(=O)NC(CO)C(O)/C=C/CC/C=C/CCCCC. The standard InChI is InChI=1S/C50H83NO3/c1-3-5-7-9-11-13-14-15-16-17-18-19-20-21-22-23-24-25-26-27-28-29-30-31-32-33-34-35-36-38-40-42-44-46-50(54)51-48(47-52)49(53)45-43-41-39-37-12-10-8-6-4-2/h5,7,11-13,15-16,18-19,21-22,24-25,27-28,37,43,45,48-49,52-53H,3-4,6,8-10,14,17,20,23,26,29-36,38-42,44,46-47H2,1-2H3,(H,51,54)/b7-5-,13-11-,16-15-,19-18-,22-21-,25-24-,28-27-,37-12+,45-43+. The van der Waals surface area contributed by atoms with Gasteiger partial charge in [-0.25, -0.2) is 0 Å². The summed E-state index contributed by atoms with van der Waals surface area (Å²) in [6, 6.07) is -0.645. The summed E-state index contributed by atoms with van der Waals surface area (Å²) in [5.41, 5.74) is 0. The van der Waals surface area contributed by atoms with Crippen LogP contribution in [0.15, 0.2) is 109 Å². The van der Waals surface area contributed by atoms with Gasteiger partial charge in [0.1, 0.15) is 0 Å². The topological polar surface area (TPSA) is 69.6 Å². The zero-order valence-corrected chi connectivity index (χ0v) is 34.9. The van der Waals surface area contributed by atoms with Gasteiger partial charge in [-0.05, 0) is 89.9 Å². The van der Waals surface area contributed by atoms with Gasteiger partial charge in [-0.3, -0.25) is 4.79 Å². The van der Waals surface area contributed by atoms with Gasteiger partial charge in [0, 0.05) is 6.42 Å². The van der Waals surface area contributed by atoms with E-state index >= 15 is 0 Å². The second kappa shape index (κ2) is 44.4. The van der Waals surface area contributed by atoms with Crippen molar-refractivity contribution >= 4 is 5.91 Å². The maximum atomic E-state index is 12.3. The summed E-state index contributed by atoms with van der Waals surface area (Å²) in [6.45, 7) is 4.11. The molecule has 0 bridgehead atoms. The number of aliphatic hydroxyl groups excluding tert-OH is 2. The second-order valence-electron chi connectivity index (χ2n) is 14.4. The van der Waals surface area contributed by atoms with Crippen molar-refractivity contribution in [2.45, 2.75) is 193 Å². The van der Waals surface area contributed by atoms with Crippen molar-refractivity contribution in [3.63, 3.8) is 0 Å². The van der Waals surface area contributed by atoms with Gasteiger partial charge >= 0.3 is 0 Å². The van der Waals surface area contributed by atoms with E-state index in [-0.39, 0.29) is 12.5 Å². The summed E-state index contributed by atoms with van der Waals surface area (Å²) in [5, 5.41) is 22.8. The summed E-state index contributed by atoms with van der Waals surface area (Å²) in [5.74, 6) is -0.0862. The van der Waals surface area contributed by atoms with E-state index in [1.807, 2.05) is 6.08 Å². The number of hydrogen-bond donors (Lipinski definition) is 3. The fraction of sp³-hybridized carbons (Fsp3) is 0.620. The highest BCUT2D eigenvalue weighted by molar-refractivity contribution is 5.76. The molecule has 0 heterocycles. The number of rotatable bonds is 38. The molecule has 0 radical (unpaired) electrons. The third kappa shape index (κ3) is 40.2. The number of carbonyl (C=O) groups is 1. The smallest absolute Gasteiger partial charge is 0.220 e. The van der Waals surface area contributed by atoms with Gasteiger partial charge in [0.15, 0.2) is 0 Å². The van der Waals surface area contributed by atoms with Crippen molar-refractivity contribution in [2.24, 2.45) is 0 Å². The fourth-order valence-electron chi connectivity index (χ4n) is 5.88. The Labute approximate surface area is 334 Å². The zero-order chi connectivity index (χ0) is 39.3. The third-order valence-corrected chi connectivity index (χ3v) is 9.24. The maximum absolute atomic E-state index is 12.3. The molecule has 0 aliphatic carbocycles. The molecule has 0 aromatic carbocycles. The van der Waals surface area contributed by atoms with Crippen LogP contribution in [0.3, 0.4) is 0 Å². The van der Waals surface area contributed by atoms with Crippen molar-refractivity contribution < 1.29 is 15.0 Å². The van der Waals surface area contributed by atoms with E-state index in [1.165, 1.54) is 83.5 Å². The second-order valence-corrected chi connectivity index (χ2v) is 14.4. The molecule has 3 N–H and O–H groups in total. The quantitative estimate of drug-likeness (QED) is 0.0435.